The van der Waals surface area contributed by atoms with E-state index >= 15 is 0 Å². The van der Waals surface area contributed by atoms with Crippen molar-refractivity contribution >= 4 is 5.91 Å². The second-order valence-electron chi connectivity index (χ2n) is 4.99. The smallest absolute Gasteiger partial charge is 0.227 e. The summed E-state index contributed by atoms with van der Waals surface area (Å²) in [6.07, 6.45) is 5.39. The molecule has 3 atom stereocenters. The fourth-order valence-corrected chi connectivity index (χ4v) is 2.86. The van der Waals surface area contributed by atoms with E-state index in [2.05, 4.69) is 0 Å². The quantitative estimate of drug-likeness (QED) is 0.756. The number of carbonyl (C=O) groups excluding carboxylic acids is 1. The molecule has 16 heavy (non-hydrogen) atoms. The Labute approximate surface area is 97.1 Å². The number of ether oxygens (including phenoxy) is 1. The van der Waals surface area contributed by atoms with Gasteiger partial charge in [-0.25, -0.2) is 0 Å². The van der Waals surface area contributed by atoms with Gasteiger partial charge in [0.2, 0.25) is 5.91 Å². The summed E-state index contributed by atoms with van der Waals surface area (Å²) in [5.41, 5.74) is 5.97. The zero-order valence-electron chi connectivity index (χ0n) is 10.0. The first-order valence-corrected chi connectivity index (χ1v) is 6.29. The SMILES string of the molecule is COC1CCCN(C(=O)C2CCCC2N)C1. The number of methoxy groups -OCH3 is 1. The first-order valence-electron chi connectivity index (χ1n) is 6.29. The molecule has 0 spiro atoms. The van der Waals surface area contributed by atoms with E-state index in [1.807, 2.05) is 4.90 Å². The largest absolute Gasteiger partial charge is 0.380 e. The first kappa shape index (κ1) is 11.9. The molecule has 0 aromatic carbocycles. The monoisotopic (exact) mass is 226 g/mol. The van der Waals surface area contributed by atoms with Gasteiger partial charge in [-0.05, 0) is 25.7 Å². The number of piperidine rings is 1. The molecule has 2 aliphatic rings. The maximum absolute atomic E-state index is 12.3. The van der Waals surface area contributed by atoms with Gasteiger partial charge in [0.1, 0.15) is 0 Å². The van der Waals surface area contributed by atoms with Crippen molar-refractivity contribution < 1.29 is 9.53 Å². The lowest BCUT2D eigenvalue weighted by molar-refractivity contribution is -0.139. The van der Waals surface area contributed by atoms with Gasteiger partial charge in [-0.15, -0.1) is 0 Å². The third-order valence-corrected chi connectivity index (χ3v) is 3.91. The second kappa shape index (κ2) is 5.15. The molecule has 3 unspecified atom stereocenters. The second-order valence-corrected chi connectivity index (χ2v) is 4.99. The number of carbonyl (C=O) groups is 1. The lowest BCUT2D eigenvalue weighted by atomic mass is 10.00. The molecular weight excluding hydrogens is 204 g/mol. The van der Waals surface area contributed by atoms with Gasteiger partial charge in [0.25, 0.3) is 0 Å². The fourth-order valence-electron chi connectivity index (χ4n) is 2.86. The number of hydrogen-bond donors (Lipinski definition) is 1. The Balaban J connectivity index is 1.93. The van der Waals surface area contributed by atoms with Gasteiger partial charge in [-0.3, -0.25) is 4.79 Å². The van der Waals surface area contributed by atoms with E-state index in [0.29, 0.717) is 0 Å². The van der Waals surface area contributed by atoms with Gasteiger partial charge < -0.3 is 15.4 Å². The van der Waals surface area contributed by atoms with Gasteiger partial charge >= 0.3 is 0 Å². The molecule has 0 bridgehead atoms. The highest BCUT2D eigenvalue weighted by Crippen LogP contribution is 2.27. The molecule has 1 heterocycles. The van der Waals surface area contributed by atoms with Crippen molar-refractivity contribution in [3.8, 4) is 0 Å². The Morgan fingerprint density at radius 2 is 2.12 bits per heavy atom. The highest BCUT2D eigenvalue weighted by Gasteiger charge is 2.35. The number of amides is 1. The topological polar surface area (TPSA) is 55.6 Å². The van der Waals surface area contributed by atoms with Crippen LogP contribution in [0.3, 0.4) is 0 Å². The Kier molecular flexibility index (Phi) is 3.82. The molecule has 4 heteroatoms. The van der Waals surface area contributed by atoms with Gasteiger partial charge in [-0.1, -0.05) is 6.42 Å². The van der Waals surface area contributed by atoms with E-state index in [4.69, 9.17) is 10.5 Å². The molecule has 1 aliphatic carbocycles. The zero-order valence-corrected chi connectivity index (χ0v) is 10.0. The lowest BCUT2D eigenvalue weighted by Crippen LogP contribution is -2.48. The number of nitrogens with two attached hydrogens (primary N) is 1. The fraction of sp³-hybridized carbons (Fsp3) is 0.917. The Morgan fingerprint density at radius 1 is 1.31 bits per heavy atom. The van der Waals surface area contributed by atoms with Crippen LogP contribution in [0.5, 0.6) is 0 Å². The zero-order chi connectivity index (χ0) is 11.5. The van der Waals surface area contributed by atoms with E-state index < -0.39 is 0 Å². The minimum atomic E-state index is 0.0654. The van der Waals surface area contributed by atoms with Crippen LogP contribution in [0.25, 0.3) is 0 Å². The predicted octanol–water partition coefficient (Wildman–Crippen LogP) is 0.751. The van der Waals surface area contributed by atoms with Crippen LogP contribution in [0.15, 0.2) is 0 Å². The van der Waals surface area contributed by atoms with Crippen molar-refractivity contribution in [3.63, 3.8) is 0 Å². The molecular formula is C12H22N2O2. The molecule has 2 rings (SSSR count). The van der Waals surface area contributed by atoms with Crippen molar-refractivity contribution in [1.29, 1.82) is 0 Å². The molecule has 2 N–H and O–H groups in total. The van der Waals surface area contributed by atoms with Crippen LogP contribution in [0, 0.1) is 5.92 Å². The van der Waals surface area contributed by atoms with Crippen molar-refractivity contribution in [2.75, 3.05) is 20.2 Å². The van der Waals surface area contributed by atoms with Crippen LogP contribution in [-0.4, -0.2) is 43.2 Å². The highest BCUT2D eigenvalue weighted by atomic mass is 16.5. The molecule has 1 aliphatic heterocycles. The normalized spacial score (nSPS) is 35.4. The van der Waals surface area contributed by atoms with Crippen LogP contribution in [-0.2, 0) is 9.53 Å². The molecule has 4 nitrogen and oxygen atoms in total. The summed E-state index contributed by atoms with van der Waals surface area (Å²) in [6.45, 7) is 1.63. The number of hydrogen-bond acceptors (Lipinski definition) is 3. The molecule has 0 aromatic rings. The van der Waals surface area contributed by atoms with Gasteiger partial charge in [0, 0.05) is 26.2 Å². The predicted molar refractivity (Wildman–Crippen MR) is 61.9 cm³/mol. The van der Waals surface area contributed by atoms with Crippen molar-refractivity contribution in [2.24, 2.45) is 11.7 Å². The summed E-state index contributed by atoms with van der Waals surface area (Å²) in [5.74, 6) is 0.322. The molecule has 1 saturated carbocycles. The maximum atomic E-state index is 12.3. The van der Waals surface area contributed by atoms with Crippen molar-refractivity contribution in [3.05, 3.63) is 0 Å². The van der Waals surface area contributed by atoms with Gasteiger partial charge in [0.05, 0.1) is 12.0 Å². The van der Waals surface area contributed by atoms with E-state index in [0.717, 1.165) is 45.2 Å². The summed E-state index contributed by atoms with van der Waals surface area (Å²) in [5, 5.41) is 0. The van der Waals surface area contributed by atoms with Crippen molar-refractivity contribution in [2.45, 2.75) is 44.2 Å². The van der Waals surface area contributed by atoms with E-state index in [1.165, 1.54) is 0 Å². The van der Waals surface area contributed by atoms with Crippen molar-refractivity contribution in [1.82, 2.24) is 4.90 Å². The minimum absolute atomic E-state index is 0.0654. The van der Waals surface area contributed by atoms with Crippen LogP contribution in [0.4, 0.5) is 0 Å². The summed E-state index contributed by atoms with van der Waals surface area (Å²) in [7, 11) is 1.72. The van der Waals surface area contributed by atoms with Crippen LogP contribution in [0.1, 0.15) is 32.1 Å². The van der Waals surface area contributed by atoms with Crippen LogP contribution < -0.4 is 5.73 Å². The summed E-state index contributed by atoms with van der Waals surface area (Å²) >= 11 is 0. The average molecular weight is 226 g/mol. The molecule has 1 saturated heterocycles. The standard InChI is InChI=1S/C12H22N2O2/c1-16-9-4-3-7-14(8-9)12(15)10-5-2-6-11(10)13/h9-11H,2-8,13H2,1H3. The Morgan fingerprint density at radius 3 is 2.75 bits per heavy atom. The van der Waals surface area contributed by atoms with E-state index in [-0.39, 0.29) is 24.0 Å². The molecule has 0 radical (unpaired) electrons. The molecule has 92 valence electrons. The molecule has 0 aromatic heterocycles. The van der Waals surface area contributed by atoms with E-state index in [9.17, 15) is 4.79 Å². The minimum Gasteiger partial charge on any atom is -0.380 e. The number of nitrogens with zero attached hydrogens (tertiary/aromatic N) is 1. The van der Waals surface area contributed by atoms with E-state index in [1.54, 1.807) is 7.11 Å². The summed E-state index contributed by atoms with van der Waals surface area (Å²) in [6, 6.07) is 0.0791. The van der Waals surface area contributed by atoms with Crippen LogP contribution in [0.2, 0.25) is 0 Å². The van der Waals surface area contributed by atoms with Gasteiger partial charge in [-0.2, -0.15) is 0 Å². The number of rotatable bonds is 2. The maximum Gasteiger partial charge on any atom is 0.227 e. The average Bonchev–Trinajstić information content (AvgIpc) is 2.74. The van der Waals surface area contributed by atoms with Crippen LogP contribution >= 0.6 is 0 Å². The Bertz CT molecular complexity index is 257. The lowest BCUT2D eigenvalue weighted by Gasteiger charge is -2.34. The molecule has 1 amide bonds. The summed E-state index contributed by atoms with van der Waals surface area (Å²) < 4.78 is 5.34. The highest BCUT2D eigenvalue weighted by molar-refractivity contribution is 5.80. The Hall–Kier alpha value is -0.610. The third kappa shape index (κ3) is 2.38. The van der Waals surface area contributed by atoms with Gasteiger partial charge in [0.15, 0.2) is 0 Å². The first-order chi connectivity index (χ1) is 7.72. The molecule has 2 fully saturated rings. The number of likely N-dealkylation sites (tertiary alicyclic amines) is 1. The summed E-state index contributed by atoms with van der Waals surface area (Å²) in [4.78, 5) is 14.2. The third-order valence-electron chi connectivity index (χ3n) is 3.91.